The molecule has 0 radical (unpaired) electrons. The van der Waals surface area contributed by atoms with Crippen LogP contribution in [0.1, 0.15) is 31.7 Å². The number of hydrogen-bond acceptors (Lipinski definition) is 2. The first-order valence-electron chi connectivity index (χ1n) is 7.19. The molecule has 1 fully saturated rings. The minimum absolute atomic E-state index is 0.721. The Morgan fingerprint density at radius 2 is 2.16 bits per heavy atom. The second-order valence-electron chi connectivity index (χ2n) is 5.41. The first-order valence-corrected chi connectivity index (χ1v) is 7.19. The lowest BCUT2D eigenvalue weighted by Gasteiger charge is -2.05. The first-order chi connectivity index (χ1) is 9.38. The Hall–Kier alpha value is -1.61. The quantitative estimate of drug-likeness (QED) is 0.831. The first kappa shape index (κ1) is 12.4. The molecule has 1 saturated carbocycles. The summed E-state index contributed by atoms with van der Waals surface area (Å²) < 4.78 is 0. The lowest BCUT2D eigenvalue weighted by Crippen LogP contribution is -2.17. The average Bonchev–Trinajstić information content (AvgIpc) is 3.02. The molecule has 0 amide bonds. The van der Waals surface area contributed by atoms with Gasteiger partial charge in [0.2, 0.25) is 0 Å². The third-order valence-corrected chi connectivity index (χ3v) is 3.92. The van der Waals surface area contributed by atoms with Gasteiger partial charge in [0, 0.05) is 18.2 Å². The summed E-state index contributed by atoms with van der Waals surface area (Å²) in [5.74, 6) is 0.900. The molecule has 0 aliphatic heterocycles. The van der Waals surface area contributed by atoms with Crippen LogP contribution in [-0.2, 0) is 6.54 Å². The maximum atomic E-state index is 4.19. The van der Waals surface area contributed by atoms with Gasteiger partial charge in [0.25, 0.3) is 0 Å². The average molecular weight is 255 g/mol. The van der Waals surface area contributed by atoms with Crippen molar-refractivity contribution in [3.8, 4) is 11.3 Å². The van der Waals surface area contributed by atoms with Crippen LogP contribution in [-0.4, -0.2) is 16.2 Å². The van der Waals surface area contributed by atoms with Gasteiger partial charge in [-0.05, 0) is 24.3 Å². The summed E-state index contributed by atoms with van der Waals surface area (Å²) in [6.45, 7) is 3.17. The van der Waals surface area contributed by atoms with E-state index in [-0.39, 0.29) is 0 Å². The molecule has 0 saturated heterocycles. The monoisotopic (exact) mass is 255 g/mol. The van der Waals surface area contributed by atoms with E-state index in [1.165, 1.54) is 30.4 Å². The molecule has 2 aromatic rings. The molecule has 1 heterocycles. The van der Waals surface area contributed by atoms with Crippen LogP contribution in [0.4, 0.5) is 0 Å². The molecule has 2 unspecified atom stereocenters. The van der Waals surface area contributed by atoms with E-state index < -0.39 is 0 Å². The molecule has 1 aromatic heterocycles. The van der Waals surface area contributed by atoms with Crippen molar-refractivity contribution in [2.75, 3.05) is 0 Å². The van der Waals surface area contributed by atoms with Crippen LogP contribution in [0.15, 0.2) is 36.5 Å². The zero-order valence-electron chi connectivity index (χ0n) is 11.4. The Morgan fingerprint density at radius 3 is 2.95 bits per heavy atom. The third-order valence-electron chi connectivity index (χ3n) is 3.92. The molecule has 100 valence electrons. The van der Waals surface area contributed by atoms with Crippen LogP contribution in [0.3, 0.4) is 0 Å². The second kappa shape index (κ2) is 5.57. The molecule has 0 bridgehead atoms. The number of H-pyrrole nitrogens is 1. The van der Waals surface area contributed by atoms with Crippen molar-refractivity contribution in [3.63, 3.8) is 0 Å². The van der Waals surface area contributed by atoms with Crippen molar-refractivity contribution < 1.29 is 0 Å². The summed E-state index contributed by atoms with van der Waals surface area (Å²) in [5.41, 5.74) is 3.60. The van der Waals surface area contributed by atoms with Crippen molar-refractivity contribution in [3.05, 3.63) is 42.1 Å². The van der Waals surface area contributed by atoms with Gasteiger partial charge in [-0.15, -0.1) is 0 Å². The van der Waals surface area contributed by atoms with E-state index in [1.807, 2.05) is 12.3 Å². The highest BCUT2D eigenvalue weighted by atomic mass is 15.1. The summed E-state index contributed by atoms with van der Waals surface area (Å²) in [5, 5.41) is 10.9. The van der Waals surface area contributed by atoms with Crippen molar-refractivity contribution >= 4 is 0 Å². The second-order valence-corrected chi connectivity index (χ2v) is 5.41. The SMILES string of the molecule is CCCC1CC1NCc1cn[nH]c1-c1ccccc1. The maximum Gasteiger partial charge on any atom is 0.0695 e. The van der Waals surface area contributed by atoms with E-state index in [1.54, 1.807) is 0 Å². The number of nitrogens with one attached hydrogen (secondary N) is 2. The highest BCUT2D eigenvalue weighted by Crippen LogP contribution is 2.35. The van der Waals surface area contributed by atoms with Gasteiger partial charge in [0.1, 0.15) is 0 Å². The molecular formula is C16H21N3. The van der Waals surface area contributed by atoms with Gasteiger partial charge in [-0.3, -0.25) is 5.10 Å². The van der Waals surface area contributed by atoms with E-state index >= 15 is 0 Å². The largest absolute Gasteiger partial charge is 0.309 e. The van der Waals surface area contributed by atoms with Gasteiger partial charge in [0.05, 0.1) is 11.9 Å². The van der Waals surface area contributed by atoms with E-state index in [2.05, 4.69) is 46.7 Å². The summed E-state index contributed by atoms with van der Waals surface area (Å²) in [4.78, 5) is 0. The van der Waals surface area contributed by atoms with Crippen LogP contribution in [0, 0.1) is 5.92 Å². The predicted molar refractivity (Wildman–Crippen MR) is 77.7 cm³/mol. The van der Waals surface area contributed by atoms with E-state index in [9.17, 15) is 0 Å². The van der Waals surface area contributed by atoms with Crippen LogP contribution in [0.2, 0.25) is 0 Å². The molecule has 3 heteroatoms. The number of hydrogen-bond donors (Lipinski definition) is 2. The lowest BCUT2D eigenvalue weighted by atomic mass is 10.1. The van der Waals surface area contributed by atoms with Crippen molar-refractivity contribution in [2.24, 2.45) is 5.92 Å². The van der Waals surface area contributed by atoms with Gasteiger partial charge in [-0.25, -0.2) is 0 Å². The fourth-order valence-corrected chi connectivity index (χ4v) is 2.73. The zero-order valence-corrected chi connectivity index (χ0v) is 11.4. The van der Waals surface area contributed by atoms with Gasteiger partial charge in [0.15, 0.2) is 0 Å². The summed E-state index contributed by atoms with van der Waals surface area (Å²) in [7, 11) is 0. The summed E-state index contributed by atoms with van der Waals surface area (Å²) >= 11 is 0. The number of benzene rings is 1. The van der Waals surface area contributed by atoms with Crippen molar-refractivity contribution in [1.82, 2.24) is 15.5 Å². The van der Waals surface area contributed by atoms with Gasteiger partial charge in [-0.2, -0.15) is 5.10 Å². The fraction of sp³-hybridized carbons (Fsp3) is 0.438. The fourth-order valence-electron chi connectivity index (χ4n) is 2.73. The minimum Gasteiger partial charge on any atom is -0.309 e. The number of aromatic nitrogens is 2. The molecule has 3 rings (SSSR count). The van der Waals surface area contributed by atoms with E-state index in [4.69, 9.17) is 0 Å². The molecule has 19 heavy (non-hydrogen) atoms. The van der Waals surface area contributed by atoms with Crippen LogP contribution in [0.25, 0.3) is 11.3 Å². The van der Waals surface area contributed by atoms with E-state index in [0.29, 0.717) is 0 Å². The Kier molecular flexibility index (Phi) is 3.65. The lowest BCUT2D eigenvalue weighted by molar-refractivity contribution is 0.600. The molecule has 1 aromatic carbocycles. The summed E-state index contributed by atoms with van der Waals surface area (Å²) in [6, 6.07) is 11.1. The number of rotatable bonds is 6. The van der Waals surface area contributed by atoms with Gasteiger partial charge < -0.3 is 5.32 Å². The standard InChI is InChI=1S/C16H21N3/c1-2-6-13-9-15(13)17-10-14-11-18-19-16(14)12-7-4-3-5-8-12/h3-5,7-8,11,13,15,17H,2,6,9-10H2,1H3,(H,18,19). The molecule has 1 aliphatic rings. The van der Waals surface area contributed by atoms with Crippen molar-refractivity contribution in [1.29, 1.82) is 0 Å². The van der Waals surface area contributed by atoms with Gasteiger partial charge >= 0.3 is 0 Å². The molecule has 0 spiro atoms. The van der Waals surface area contributed by atoms with Crippen LogP contribution >= 0.6 is 0 Å². The maximum absolute atomic E-state index is 4.19. The third kappa shape index (κ3) is 2.87. The minimum atomic E-state index is 0.721. The Labute approximate surface area is 114 Å². The molecular weight excluding hydrogens is 234 g/mol. The topological polar surface area (TPSA) is 40.7 Å². The molecule has 2 N–H and O–H groups in total. The Bertz CT molecular complexity index is 518. The Balaban J connectivity index is 1.62. The highest BCUT2D eigenvalue weighted by molar-refractivity contribution is 5.62. The number of nitrogens with zero attached hydrogens (tertiary/aromatic N) is 1. The summed E-state index contributed by atoms with van der Waals surface area (Å²) in [6.07, 6.45) is 5.93. The number of aromatic amines is 1. The van der Waals surface area contributed by atoms with Crippen LogP contribution in [0.5, 0.6) is 0 Å². The molecule has 3 nitrogen and oxygen atoms in total. The zero-order chi connectivity index (χ0) is 13.1. The van der Waals surface area contributed by atoms with Gasteiger partial charge in [-0.1, -0.05) is 43.7 Å². The van der Waals surface area contributed by atoms with Crippen molar-refractivity contribution in [2.45, 2.75) is 38.8 Å². The normalized spacial score (nSPS) is 21.5. The molecule has 1 aliphatic carbocycles. The highest BCUT2D eigenvalue weighted by Gasteiger charge is 2.35. The molecule has 2 atom stereocenters. The predicted octanol–water partition coefficient (Wildman–Crippen LogP) is 3.35. The Morgan fingerprint density at radius 1 is 1.32 bits per heavy atom. The van der Waals surface area contributed by atoms with E-state index in [0.717, 1.165) is 24.2 Å². The smallest absolute Gasteiger partial charge is 0.0695 e. The van der Waals surface area contributed by atoms with Crippen LogP contribution < -0.4 is 5.32 Å².